The van der Waals surface area contributed by atoms with Crippen LogP contribution < -0.4 is 4.74 Å². The van der Waals surface area contributed by atoms with E-state index in [0.29, 0.717) is 31.4 Å². The number of aliphatic carboxylic acids is 1. The molecule has 1 heterocycles. The van der Waals surface area contributed by atoms with Gasteiger partial charge in [-0.3, -0.25) is 4.79 Å². The molecule has 1 N–H and O–H groups in total. The first-order valence-electron chi connectivity index (χ1n) is 6.05. The number of ether oxygens (including phenoxy) is 1. The van der Waals surface area contributed by atoms with E-state index < -0.39 is 5.97 Å². The zero-order valence-corrected chi connectivity index (χ0v) is 10.9. The Morgan fingerprint density at radius 1 is 1.47 bits per heavy atom. The van der Waals surface area contributed by atoms with Crippen LogP contribution in [0.2, 0.25) is 5.02 Å². The van der Waals surface area contributed by atoms with Crippen LogP contribution >= 0.6 is 11.6 Å². The number of carbonyl (C=O) groups is 1. The van der Waals surface area contributed by atoms with Crippen molar-refractivity contribution in [1.82, 2.24) is 4.98 Å². The monoisotopic (exact) mass is 280 g/mol. The summed E-state index contributed by atoms with van der Waals surface area (Å²) in [6, 6.07) is 3.45. The summed E-state index contributed by atoms with van der Waals surface area (Å²) in [5.74, 6) is -0.480. The summed E-state index contributed by atoms with van der Waals surface area (Å²) >= 11 is 5.87. The van der Waals surface area contributed by atoms with Gasteiger partial charge in [-0.25, -0.2) is 4.98 Å². The molecular formula is C13H13ClN2O3. The molecule has 1 saturated carbocycles. The first-order valence-corrected chi connectivity index (χ1v) is 6.43. The number of nitrogens with zero attached hydrogens (tertiary/aromatic N) is 2. The molecule has 0 unspecified atom stereocenters. The fourth-order valence-electron chi connectivity index (χ4n) is 2.19. The maximum Gasteiger partial charge on any atom is 0.306 e. The van der Waals surface area contributed by atoms with Crippen LogP contribution in [0, 0.1) is 17.2 Å². The summed E-state index contributed by atoms with van der Waals surface area (Å²) in [6.07, 6.45) is 4.10. The molecule has 0 amide bonds. The minimum atomic E-state index is -0.735. The Morgan fingerprint density at radius 2 is 2.16 bits per heavy atom. The number of pyridine rings is 1. The lowest BCUT2D eigenvalue weighted by Crippen LogP contribution is -2.27. The van der Waals surface area contributed by atoms with Crippen molar-refractivity contribution >= 4 is 17.6 Å². The quantitative estimate of drug-likeness (QED) is 0.920. The Kier molecular flexibility index (Phi) is 4.23. The van der Waals surface area contributed by atoms with Gasteiger partial charge in [0.15, 0.2) is 5.69 Å². The molecular weight excluding hydrogens is 268 g/mol. The van der Waals surface area contributed by atoms with E-state index in [1.165, 1.54) is 6.20 Å². The van der Waals surface area contributed by atoms with Crippen LogP contribution in [0.1, 0.15) is 31.4 Å². The van der Waals surface area contributed by atoms with Crippen LogP contribution in [-0.2, 0) is 4.79 Å². The van der Waals surface area contributed by atoms with E-state index in [1.807, 2.05) is 6.07 Å². The molecule has 0 radical (unpaired) electrons. The highest BCUT2D eigenvalue weighted by molar-refractivity contribution is 6.31. The van der Waals surface area contributed by atoms with E-state index in [2.05, 4.69) is 4.98 Å². The Balaban J connectivity index is 1.94. The van der Waals surface area contributed by atoms with Gasteiger partial charge < -0.3 is 9.84 Å². The second kappa shape index (κ2) is 5.89. The van der Waals surface area contributed by atoms with Gasteiger partial charge in [-0.15, -0.1) is 0 Å². The number of halogens is 1. The van der Waals surface area contributed by atoms with Crippen molar-refractivity contribution in [2.45, 2.75) is 31.8 Å². The molecule has 2 rings (SSSR count). The third-order valence-electron chi connectivity index (χ3n) is 3.25. The minimum absolute atomic E-state index is 0.0126. The first-order chi connectivity index (χ1) is 9.10. The van der Waals surface area contributed by atoms with Gasteiger partial charge in [-0.1, -0.05) is 11.6 Å². The highest BCUT2D eigenvalue weighted by atomic mass is 35.5. The van der Waals surface area contributed by atoms with Gasteiger partial charge in [-0.05, 0) is 25.7 Å². The number of nitriles is 1. The van der Waals surface area contributed by atoms with E-state index in [-0.39, 0.29) is 22.7 Å². The zero-order chi connectivity index (χ0) is 13.8. The summed E-state index contributed by atoms with van der Waals surface area (Å²) in [7, 11) is 0. The lowest BCUT2D eigenvalue weighted by Gasteiger charge is -2.26. The maximum absolute atomic E-state index is 10.8. The highest BCUT2D eigenvalue weighted by Crippen LogP contribution is 2.28. The molecule has 6 heteroatoms. The van der Waals surface area contributed by atoms with Crippen molar-refractivity contribution in [2.24, 2.45) is 5.92 Å². The average Bonchev–Trinajstić information content (AvgIpc) is 2.39. The van der Waals surface area contributed by atoms with Crippen LogP contribution in [0.5, 0.6) is 5.75 Å². The fraction of sp³-hybridized carbons (Fsp3) is 0.462. The standard InChI is InChI=1S/C13H13ClN2O3/c14-11-5-10(7-16-12(11)6-15)19-9-3-1-8(2-4-9)13(17)18/h5,7-9H,1-4H2,(H,17,18)/t8-,9-. The van der Waals surface area contributed by atoms with Crippen molar-refractivity contribution in [1.29, 1.82) is 5.26 Å². The van der Waals surface area contributed by atoms with Crippen molar-refractivity contribution < 1.29 is 14.6 Å². The molecule has 1 aromatic heterocycles. The van der Waals surface area contributed by atoms with Crippen molar-refractivity contribution in [2.75, 3.05) is 0 Å². The summed E-state index contributed by atoms with van der Waals surface area (Å²) in [6.45, 7) is 0. The Bertz CT molecular complexity index is 519. The molecule has 1 aromatic rings. The van der Waals surface area contributed by atoms with Crippen LogP contribution in [0.25, 0.3) is 0 Å². The lowest BCUT2D eigenvalue weighted by atomic mass is 9.87. The molecule has 0 aromatic carbocycles. The van der Waals surface area contributed by atoms with Gasteiger partial charge in [0.25, 0.3) is 0 Å². The van der Waals surface area contributed by atoms with Crippen LogP contribution in [0.3, 0.4) is 0 Å². The molecule has 1 aliphatic carbocycles. The molecule has 100 valence electrons. The van der Waals surface area contributed by atoms with E-state index in [4.69, 9.17) is 26.7 Å². The van der Waals surface area contributed by atoms with Gasteiger partial charge in [0, 0.05) is 6.07 Å². The SMILES string of the molecule is N#Cc1ncc(O[C@H]2CC[C@H](C(=O)O)CC2)cc1Cl. The minimum Gasteiger partial charge on any atom is -0.489 e. The van der Waals surface area contributed by atoms with E-state index in [9.17, 15) is 4.79 Å². The van der Waals surface area contributed by atoms with Gasteiger partial charge in [0.1, 0.15) is 11.8 Å². The van der Waals surface area contributed by atoms with Gasteiger partial charge in [0.2, 0.25) is 0 Å². The summed E-state index contributed by atoms with van der Waals surface area (Å²) in [5, 5.41) is 17.9. The molecule has 0 spiro atoms. The number of carboxylic acids is 1. The number of hydrogen-bond acceptors (Lipinski definition) is 4. The normalized spacial score (nSPS) is 22.5. The van der Waals surface area contributed by atoms with E-state index in [1.54, 1.807) is 6.07 Å². The van der Waals surface area contributed by atoms with Crippen molar-refractivity contribution in [3.63, 3.8) is 0 Å². The van der Waals surface area contributed by atoms with Crippen LogP contribution in [-0.4, -0.2) is 22.2 Å². The molecule has 0 bridgehead atoms. The van der Waals surface area contributed by atoms with Crippen molar-refractivity contribution in [3.8, 4) is 11.8 Å². The molecule has 19 heavy (non-hydrogen) atoms. The molecule has 5 nitrogen and oxygen atoms in total. The van der Waals surface area contributed by atoms with Gasteiger partial charge >= 0.3 is 5.97 Å². The van der Waals surface area contributed by atoms with Gasteiger partial charge in [-0.2, -0.15) is 5.26 Å². The molecule has 0 aliphatic heterocycles. The molecule has 1 aliphatic rings. The van der Waals surface area contributed by atoms with Crippen LogP contribution in [0.15, 0.2) is 12.3 Å². The predicted molar refractivity (Wildman–Crippen MR) is 68.0 cm³/mol. The molecule has 0 atom stereocenters. The average molecular weight is 281 g/mol. The van der Waals surface area contributed by atoms with Gasteiger partial charge in [0.05, 0.1) is 23.2 Å². The summed E-state index contributed by atoms with van der Waals surface area (Å²) < 4.78 is 5.71. The Labute approximate surface area is 115 Å². The Morgan fingerprint density at radius 3 is 2.68 bits per heavy atom. The Hall–Kier alpha value is -1.80. The van der Waals surface area contributed by atoms with E-state index >= 15 is 0 Å². The molecule has 1 fully saturated rings. The number of carboxylic acid groups (broad SMARTS) is 1. The summed E-state index contributed by atoms with van der Waals surface area (Å²) in [5.41, 5.74) is 0.170. The largest absolute Gasteiger partial charge is 0.489 e. The third kappa shape index (κ3) is 3.36. The third-order valence-corrected chi connectivity index (χ3v) is 3.54. The number of hydrogen-bond donors (Lipinski definition) is 1. The second-order valence-electron chi connectivity index (χ2n) is 4.54. The first kappa shape index (κ1) is 13.6. The highest BCUT2D eigenvalue weighted by Gasteiger charge is 2.27. The number of rotatable bonds is 3. The lowest BCUT2D eigenvalue weighted by molar-refractivity contribution is -0.143. The number of aromatic nitrogens is 1. The zero-order valence-electron chi connectivity index (χ0n) is 10.2. The fourth-order valence-corrected chi connectivity index (χ4v) is 2.39. The summed E-state index contributed by atoms with van der Waals surface area (Å²) in [4.78, 5) is 14.7. The van der Waals surface area contributed by atoms with Crippen molar-refractivity contribution in [3.05, 3.63) is 23.0 Å². The second-order valence-corrected chi connectivity index (χ2v) is 4.95. The maximum atomic E-state index is 10.8. The predicted octanol–water partition coefficient (Wildman–Crippen LogP) is 2.63. The molecule has 0 saturated heterocycles. The van der Waals surface area contributed by atoms with E-state index in [0.717, 1.165) is 0 Å². The smallest absolute Gasteiger partial charge is 0.306 e. The van der Waals surface area contributed by atoms with Crippen LogP contribution in [0.4, 0.5) is 0 Å². The topological polar surface area (TPSA) is 83.2 Å².